The lowest BCUT2D eigenvalue weighted by molar-refractivity contribution is -0.139. The predicted molar refractivity (Wildman–Crippen MR) is 164 cm³/mol. The molecular formula is C31H31N3O8S2. The summed E-state index contributed by atoms with van der Waals surface area (Å²) in [6.07, 6.45) is 4.27. The van der Waals surface area contributed by atoms with Gasteiger partial charge in [-0.15, -0.1) is 0 Å². The van der Waals surface area contributed by atoms with Gasteiger partial charge in [-0.2, -0.15) is 4.98 Å². The number of carbonyl (C=O) groups excluding carboxylic acids is 3. The molecule has 0 aliphatic heterocycles. The Hall–Kier alpha value is -4.62. The zero-order valence-electron chi connectivity index (χ0n) is 23.8. The fraction of sp³-hybridized carbons (Fsp3) is 0.226. The average molecular weight is 638 g/mol. The smallest absolute Gasteiger partial charge is 0.330 e. The van der Waals surface area contributed by atoms with Gasteiger partial charge in [0.15, 0.2) is 10.3 Å². The van der Waals surface area contributed by atoms with E-state index in [2.05, 4.69) is 34.7 Å². The van der Waals surface area contributed by atoms with Crippen LogP contribution in [0.15, 0.2) is 107 Å². The van der Waals surface area contributed by atoms with E-state index in [0.717, 1.165) is 28.0 Å². The number of aromatic nitrogens is 3. The average Bonchev–Trinajstić information content (AvgIpc) is 3.03. The lowest BCUT2D eigenvalue weighted by Crippen LogP contribution is -2.10. The van der Waals surface area contributed by atoms with Gasteiger partial charge >= 0.3 is 17.9 Å². The molecule has 0 bridgehead atoms. The number of hydrogen-bond acceptors (Lipinski definition) is 13. The van der Waals surface area contributed by atoms with Crippen LogP contribution in [0.1, 0.15) is 12.2 Å². The second kappa shape index (κ2) is 18.8. The summed E-state index contributed by atoms with van der Waals surface area (Å²) in [5, 5.41) is 0.933. The van der Waals surface area contributed by atoms with E-state index >= 15 is 0 Å². The van der Waals surface area contributed by atoms with Crippen molar-refractivity contribution in [2.75, 3.05) is 33.0 Å². The fourth-order valence-electron chi connectivity index (χ4n) is 3.23. The normalized spacial score (nSPS) is 10.3. The molecule has 2 aromatic carbocycles. The molecule has 1 heterocycles. The van der Waals surface area contributed by atoms with Gasteiger partial charge in [-0.1, -0.05) is 31.9 Å². The predicted octanol–water partition coefficient (Wildman–Crippen LogP) is 5.05. The number of hydrogen-bond donors (Lipinski definition) is 0. The molecule has 1 aromatic heterocycles. The second-order valence-corrected chi connectivity index (χ2v) is 10.5. The number of nitrogens with zero attached hydrogens (tertiary/aromatic N) is 3. The molecule has 3 rings (SSSR count). The zero-order valence-corrected chi connectivity index (χ0v) is 25.5. The van der Waals surface area contributed by atoms with Crippen LogP contribution in [-0.2, 0) is 35.0 Å². The van der Waals surface area contributed by atoms with E-state index in [-0.39, 0.29) is 33.0 Å². The van der Waals surface area contributed by atoms with Crippen molar-refractivity contribution in [3.8, 4) is 11.5 Å². The van der Waals surface area contributed by atoms with E-state index in [9.17, 15) is 14.4 Å². The Bertz CT molecular complexity index is 1380. The van der Waals surface area contributed by atoms with Crippen LogP contribution >= 0.6 is 23.5 Å². The van der Waals surface area contributed by atoms with Crippen LogP contribution in [0.5, 0.6) is 11.5 Å². The van der Waals surface area contributed by atoms with Crippen LogP contribution in [0.3, 0.4) is 0 Å². The summed E-state index contributed by atoms with van der Waals surface area (Å²) in [5.74, 6) is 0.202. The summed E-state index contributed by atoms with van der Waals surface area (Å²) in [6.45, 7) is 10.9. The van der Waals surface area contributed by atoms with Gasteiger partial charge in [0.2, 0.25) is 0 Å². The van der Waals surface area contributed by atoms with Gasteiger partial charge in [0.05, 0.1) is 6.61 Å². The standard InChI is InChI=1S/C31H31N3O8S2/c1-4-27(35)40-15-9-14-26-32-30(43-24-12-7-10-22(20-24)38-16-18-41-28(36)5-2)34-31(33-26)44-25-13-8-11-23(21-25)39-17-19-42-29(37)6-3/h4-8,10-13,20-21H,1-3,9,14-19H2. The van der Waals surface area contributed by atoms with Crippen LogP contribution in [-0.4, -0.2) is 65.9 Å². The molecule has 0 atom stereocenters. The molecule has 0 aliphatic rings. The number of esters is 3. The third-order valence-electron chi connectivity index (χ3n) is 5.15. The van der Waals surface area contributed by atoms with Crippen LogP contribution in [0.25, 0.3) is 0 Å². The first kappa shape index (κ1) is 33.9. The second-order valence-electron chi connectivity index (χ2n) is 8.39. The highest BCUT2D eigenvalue weighted by Crippen LogP contribution is 2.32. The number of rotatable bonds is 19. The summed E-state index contributed by atoms with van der Waals surface area (Å²) in [4.78, 5) is 49.3. The summed E-state index contributed by atoms with van der Waals surface area (Å²) >= 11 is 2.66. The Balaban J connectivity index is 1.71. The maximum Gasteiger partial charge on any atom is 0.330 e. The van der Waals surface area contributed by atoms with Crippen molar-refractivity contribution in [2.24, 2.45) is 0 Å². The van der Waals surface area contributed by atoms with Gasteiger partial charge in [-0.05, 0) is 66.3 Å². The third-order valence-corrected chi connectivity index (χ3v) is 6.86. The minimum Gasteiger partial charge on any atom is -0.490 e. The van der Waals surface area contributed by atoms with Crippen LogP contribution < -0.4 is 9.47 Å². The summed E-state index contributed by atoms with van der Waals surface area (Å²) in [6, 6.07) is 14.7. The highest BCUT2D eigenvalue weighted by atomic mass is 32.2. The van der Waals surface area contributed by atoms with Crippen molar-refractivity contribution in [1.29, 1.82) is 0 Å². The first-order valence-electron chi connectivity index (χ1n) is 13.3. The molecule has 0 saturated carbocycles. The molecule has 0 amide bonds. The fourth-order valence-corrected chi connectivity index (χ4v) is 4.92. The van der Waals surface area contributed by atoms with Crippen molar-refractivity contribution >= 4 is 41.4 Å². The third kappa shape index (κ3) is 12.7. The van der Waals surface area contributed by atoms with Crippen LogP contribution in [0, 0.1) is 0 Å². The van der Waals surface area contributed by atoms with E-state index in [4.69, 9.17) is 23.7 Å². The maximum atomic E-state index is 11.4. The van der Waals surface area contributed by atoms with Gasteiger partial charge in [-0.25, -0.2) is 24.4 Å². The van der Waals surface area contributed by atoms with E-state index in [1.165, 1.54) is 23.5 Å². The monoisotopic (exact) mass is 637 g/mol. The van der Waals surface area contributed by atoms with Crippen molar-refractivity contribution in [3.05, 3.63) is 92.3 Å². The molecule has 11 nitrogen and oxygen atoms in total. The highest BCUT2D eigenvalue weighted by molar-refractivity contribution is 7.99. The number of aryl methyl sites for hydroxylation is 1. The molecule has 13 heteroatoms. The van der Waals surface area contributed by atoms with Crippen LogP contribution in [0.2, 0.25) is 0 Å². The van der Waals surface area contributed by atoms with Crippen molar-refractivity contribution in [3.63, 3.8) is 0 Å². The van der Waals surface area contributed by atoms with Crippen molar-refractivity contribution < 1.29 is 38.1 Å². The Morgan fingerprint density at radius 3 is 1.55 bits per heavy atom. The quantitative estimate of drug-likeness (QED) is 0.0751. The molecule has 0 unspecified atom stereocenters. The summed E-state index contributed by atoms with van der Waals surface area (Å²) in [5.41, 5.74) is 0. The lowest BCUT2D eigenvalue weighted by Gasteiger charge is -2.10. The Kier molecular flexibility index (Phi) is 14.5. The minimum atomic E-state index is -0.512. The van der Waals surface area contributed by atoms with E-state index in [1.54, 1.807) is 12.1 Å². The van der Waals surface area contributed by atoms with E-state index in [1.807, 2.05) is 36.4 Å². The van der Waals surface area contributed by atoms with E-state index < -0.39 is 17.9 Å². The van der Waals surface area contributed by atoms with Crippen LogP contribution in [0.4, 0.5) is 0 Å². The van der Waals surface area contributed by atoms with Crippen molar-refractivity contribution in [2.45, 2.75) is 32.9 Å². The minimum absolute atomic E-state index is 0.0940. The van der Waals surface area contributed by atoms with Gasteiger partial charge in [0.1, 0.15) is 43.8 Å². The molecular weight excluding hydrogens is 606 g/mol. The molecule has 0 saturated heterocycles. The first-order valence-corrected chi connectivity index (χ1v) is 15.0. The lowest BCUT2D eigenvalue weighted by atomic mass is 10.3. The molecule has 0 spiro atoms. The topological polar surface area (TPSA) is 136 Å². The molecule has 3 aromatic rings. The van der Waals surface area contributed by atoms with Gasteiger partial charge in [-0.3, -0.25) is 0 Å². The molecule has 230 valence electrons. The van der Waals surface area contributed by atoms with E-state index in [0.29, 0.717) is 40.5 Å². The van der Waals surface area contributed by atoms with Gasteiger partial charge in [0, 0.05) is 34.4 Å². The zero-order chi connectivity index (χ0) is 31.6. The number of carbonyl (C=O) groups is 3. The Morgan fingerprint density at radius 2 is 1.09 bits per heavy atom. The SMILES string of the molecule is C=CC(=O)OCCCc1nc(Sc2cccc(OCCOC(=O)C=C)c2)nc(Sc2cccc(OCCOC(=O)C=C)c2)n1. The molecule has 0 radical (unpaired) electrons. The summed E-state index contributed by atoms with van der Waals surface area (Å²) in [7, 11) is 0. The Morgan fingerprint density at radius 1 is 0.636 bits per heavy atom. The summed E-state index contributed by atoms with van der Waals surface area (Å²) < 4.78 is 26.3. The van der Waals surface area contributed by atoms with Gasteiger partial charge in [0.25, 0.3) is 0 Å². The maximum absolute atomic E-state index is 11.4. The highest BCUT2D eigenvalue weighted by Gasteiger charge is 2.12. The first-order chi connectivity index (χ1) is 21.4. The Labute approximate surface area is 263 Å². The molecule has 0 aliphatic carbocycles. The van der Waals surface area contributed by atoms with Gasteiger partial charge < -0.3 is 23.7 Å². The molecule has 0 N–H and O–H groups in total. The number of ether oxygens (including phenoxy) is 5. The molecule has 44 heavy (non-hydrogen) atoms. The van der Waals surface area contributed by atoms with Crippen molar-refractivity contribution in [1.82, 2.24) is 15.0 Å². The number of benzene rings is 2. The molecule has 0 fully saturated rings. The largest absolute Gasteiger partial charge is 0.490 e.